The summed E-state index contributed by atoms with van der Waals surface area (Å²) in [6.07, 6.45) is 8.41. The first-order valence-corrected chi connectivity index (χ1v) is 17.7. The molecule has 1 aliphatic carbocycles. The van der Waals surface area contributed by atoms with Crippen LogP contribution in [0.15, 0.2) is 60.8 Å². The second-order valence-corrected chi connectivity index (χ2v) is 13.8. The average molecular weight is 665 g/mol. The minimum absolute atomic E-state index is 0.0421. The molecule has 3 aromatic rings. The second-order valence-electron chi connectivity index (χ2n) is 13.8. The topological polar surface area (TPSA) is 124 Å². The van der Waals surface area contributed by atoms with Crippen molar-refractivity contribution in [2.24, 2.45) is 11.3 Å². The molecular weight excluding hydrogens is 616 g/mol. The van der Waals surface area contributed by atoms with Crippen molar-refractivity contribution in [1.82, 2.24) is 20.1 Å². The standard InChI is InChI=1S/C39H48N6O4/c1-3-39(16-19-44(20-17-39)37(48)27-9-4-5-10-27)38(49)45(25-31-12-7-6-11-30(31)24-40-2)26-35(47)42-33-15-14-28-21-29-13-8-18-41-36(29)43-34(46)23-32(28)22-33/h6-8,11-15,18,22,27,40H,3-5,9-10,16-17,19-21,23-26H2,1-2H3,(H,42,47)(H,41,43,46). The van der Waals surface area contributed by atoms with Crippen LogP contribution >= 0.6 is 0 Å². The van der Waals surface area contributed by atoms with Gasteiger partial charge in [0.2, 0.25) is 23.6 Å². The molecule has 6 rings (SSSR count). The summed E-state index contributed by atoms with van der Waals surface area (Å²) in [6.45, 7) is 4.00. The maximum Gasteiger partial charge on any atom is 0.244 e. The number of pyridine rings is 1. The lowest BCUT2D eigenvalue weighted by molar-refractivity contribution is -0.151. The Morgan fingerprint density at radius 3 is 2.45 bits per heavy atom. The number of fused-ring (bicyclic) bond motifs is 2. The Morgan fingerprint density at radius 1 is 0.959 bits per heavy atom. The monoisotopic (exact) mass is 664 g/mol. The van der Waals surface area contributed by atoms with E-state index in [-0.39, 0.29) is 42.5 Å². The molecule has 0 atom stereocenters. The molecule has 0 spiro atoms. The van der Waals surface area contributed by atoms with Crippen molar-refractivity contribution in [2.75, 3.05) is 37.3 Å². The van der Waals surface area contributed by atoms with Gasteiger partial charge in [-0.1, -0.05) is 56.2 Å². The lowest BCUT2D eigenvalue weighted by atomic mass is 9.74. The van der Waals surface area contributed by atoms with Gasteiger partial charge in [0.1, 0.15) is 12.4 Å². The Labute approximate surface area is 289 Å². The van der Waals surface area contributed by atoms with Crippen molar-refractivity contribution < 1.29 is 19.2 Å². The maximum atomic E-state index is 14.6. The fraction of sp³-hybridized carbons (Fsp3) is 0.462. The van der Waals surface area contributed by atoms with Gasteiger partial charge >= 0.3 is 0 Å². The number of piperidine rings is 1. The number of hydrogen-bond donors (Lipinski definition) is 3. The molecule has 0 bridgehead atoms. The lowest BCUT2D eigenvalue weighted by Crippen LogP contribution is -2.53. The molecule has 1 aromatic heterocycles. The van der Waals surface area contributed by atoms with Gasteiger partial charge in [-0.2, -0.15) is 0 Å². The fourth-order valence-corrected chi connectivity index (χ4v) is 7.78. The molecular formula is C39H48N6O4. The van der Waals surface area contributed by atoms with Crippen molar-refractivity contribution >= 4 is 35.1 Å². The number of carbonyl (C=O) groups is 4. The van der Waals surface area contributed by atoms with Crippen LogP contribution in [0, 0.1) is 11.3 Å². The summed E-state index contributed by atoms with van der Waals surface area (Å²) in [5.41, 5.74) is 4.76. The van der Waals surface area contributed by atoms with Gasteiger partial charge in [-0.15, -0.1) is 0 Å². The predicted molar refractivity (Wildman–Crippen MR) is 190 cm³/mol. The summed E-state index contributed by atoms with van der Waals surface area (Å²) in [7, 11) is 1.89. The molecule has 3 aliphatic rings. The summed E-state index contributed by atoms with van der Waals surface area (Å²) in [5, 5.41) is 9.12. The Kier molecular flexibility index (Phi) is 10.7. The molecule has 4 amide bonds. The van der Waals surface area contributed by atoms with E-state index in [0.717, 1.165) is 53.5 Å². The molecule has 1 saturated heterocycles. The minimum atomic E-state index is -0.647. The van der Waals surface area contributed by atoms with E-state index in [1.54, 1.807) is 11.1 Å². The van der Waals surface area contributed by atoms with Crippen LogP contribution < -0.4 is 16.0 Å². The number of likely N-dealkylation sites (tertiary alicyclic amines) is 1. The molecule has 2 fully saturated rings. The van der Waals surface area contributed by atoms with Gasteiger partial charge in [-0.05, 0) is 85.2 Å². The van der Waals surface area contributed by atoms with E-state index < -0.39 is 5.41 Å². The van der Waals surface area contributed by atoms with Gasteiger partial charge in [0.15, 0.2) is 0 Å². The zero-order valence-electron chi connectivity index (χ0n) is 28.7. The smallest absolute Gasteiger partial charge is 0.244 e. The minimum Gasteiger partial charge on any atom is -0.342 e. The van der Waals surface area contributed by atoms with Crippen molar-refractivity contribution in [1.29, 1.82) is 0 Å². The molecule has 1 saturated carbocycles. The SMILES string of the molecule is CCC1(C(=O)N(CC(=O)Nc2ccc3c(c2)CC(=O)Nc2ncccc2C3)Cc2ccccc2CNC)CCN(C(=O)C2CCCC2)CC1. The quantitative estimate of drug-likeness (QED) is 0.279. The Bertz CT molecular complexity index is 1690. The van der Waals surface area contributed by atoms with Crippen LogP contribution in [0.25, 0.3) is 0 Å². The lowest BCUT2D eigenvalue weighted by Gasteiger charge is -2.43. The molecule has 49 heavy (non-hydrogen) atoms. The van der Waals surface area contributed by atoms with E-state index in [1.165, 1.54) is 0 Å². The van der Waals surface area contributed by atoms with Crippen molar-refractivity contribution in [2.45, 2.75) is 77.8 Å². The summed E-state index contributed by atoms with van der Waals surface area (Å²) in [4.78, 5) is 62.4. The zero-order chi connectivity index (χ0) is 34.4. The number of nitrogens with one attached hydrogen (secondary N) is 3. The Morgan fingerprint density at radius 2 is 1.71 bits per heavy atom. The van der Waals surface area contributed by atoms with Crippen LogP contribution in [0.5, 0.6) is 0 Å². The number of aromatic nitrogens is 1. The van der Waals surface area contributed by atoms with Crippen LogP contribution in [0.4, 0.5) is 11.5 Å². The molecule has 10 heteroatoms. The third-order valence-corrected chi connectivity index (χ3v) is 10.7. The fourth-order valence-electron chi connectivity index (χ4n) is 7.78. The zero-order valence-corrected chi connectivity index (χ0v) is 28.7. The molecule has 0 unspecified atom stereocenters. The predicted octanol–water partition coefficient (Wildman–Crippen LogP) is 5.06. The largest absolute Gasteiger partial charge is 0.342 e. The van der Waals surface area contributed by atoms with Gasteiger partial charge in [0.05, 0.1) is 11.8 Å². The number of anilines is 2. The first kappa shape index (κ1) is 34.3. The van der Waals surface area contributed by atoms with Crippen LogP contribution in [0.2, 0.25) is 0 Å². The molecule has 3 N–H and O–H groups in total. The van der Waals surface area contributed by atoms with E-state index in [9.17, 15) is 19.2 Å². The average Bonchev–Trinajstić information content (AvgIpc) is 3.65. The van der Waals surface area contributed by atoms with Crippen molar-refractivity contribution in [3.8, 4) is 0 Å². The third-order valence-electron chi connectivity index (χ3n) is 10.7. The van der Waals surface area contributed by atoms with Gasteiger partial charge in [0, 0.05) is 50.4 Å². The van der Waals surface area contributed by atoms with Crippen LogP contribution in [0.3, 0.4) is 0 Å². The van der Waals surface area contributed by atoms with Gasteiger partial charge in [-0.3, -0.25) is 19.2 Å². The molecule has 10 nitrogen and oxygen atoms in total. The number of hydrogen-bond acceptors (Lipinski definition) is 6. The third kappa shape index (κ3) is 7.85. The van der Waals surface area contributed by atoms with Crippen LogP contribution in [0.1, 0.15) is 79.7 Å². The van der Waals surface area contributed by atoms with Crippen molar-refractivity contribution in [3.05, 3.63) is 88.6 Å². The van der Waals surface area contributed by atoms with Crippen molar-refractivity contribution in [3.63, 3.8) is 0 Å². The van der Waals surface area contributed by atoms with E-state index in [2.05, 4.69) is 20.9 Å². The molecule has 3 heterocycles. The number of nitrogens with zero attached hydrogens (tertiary/aromatic N) is 3. The normalized spacial score (nSPS) is 17.3. The molecule has 2 aromatic carbocycles. The number of amides is 4. The number of carbonyl (C=O) groups excluding carboxylic acids is 4. The van der Waals surface area contributed by atoms with E-state index >= 15 is 0 Å². The first-order valence-electron chi connectivity index (χ1n) is 17.7. The Hall–Kier alpha value is -4.57. The van der Waals surface area contributed by atoms with Crippen LogP contribution in [-0.4, -0.2) is 65.1 Å². The maximum absolute atomic E-state index is 14.6. The highest BCUT2D eigenvalue weighted by atomic mass is 16.2. The highest BCUT2D eigenvalue weighted by Crippen LogP contribution is 2.39. The summed E-state index contributed by atoms with van der Waals surface area (Å²) in [6, 6.07) is 17.5. The van der Waals surface area contributed by atoms with E-state index in [4.69, 9.17) is 0 Å². The molecule has 0 radical (unpaired) electrons. The van der Waals surface area contributed by atoms with Gasteiger partial charge in [-0.25, -0.2) is 4.98 Å². The summed E-state index contributed by atoms with van der Waals surface area (Å²) in [5.74, 6) is 0.425. The van der Waals surface area contributed by atoms with E-state index in [0.29, 0.717) is 63.4 Å². The molecule has 258 valence electrons. The summed E-state index contributed by atoms with van der Waals surface area (Å²) < 4.78 is 0. The first-order chi connectivity index (χ1) is 23.8. The number of rotatable bonds is 10. The highest BCUT2D eigenvalue weighted by Gasteiger charge is 2.44. The van der Waals surface area contributed by atoms with E-state index in [1.807, 2.05) is 73.5 Å². The van der Waals surface area contributed by atoms with Gasteiger partial charge in [0.25, 0.3) is 0 Å². The number of benzene rings is 2. The van der Waals surface area contributed by atoms with Gasteiger partial charge < -0.3 is 25.8 Å². The summed E-state index contributed by atoms with van der Waals surface area (Å²) >= 11 is 0. The highest BCUT2D eigenvalue weighted by molar-refractivity contribution is 5.96. The van der Waals surface area contributed by atoms with Crippen LogP contribution in [-0.2, 0) is 45.1 Å². The molecule has 2 aliphatic heterocycles. The second kappa shape index (κ2) is 15.3. The Balaban J connectivity index is 1.20.